The molecule has 1 atom stereocenters. The van der Waals surface area contributed by atoms with E-state index in [1.165, 1.54) is 32.4 Å². The van der Waals surface area contributed by atoms with Crippen molar-refractivity contribution in [1.82, 2.24) is 10.0 Å². The smallest absolute Gasteiger partial charge is 0.251 e. The first-order valence-electron chi connectivity index (χ1n) is 9.36. The van der Waals surface area contributed by atoms with Gasteiger partial charge in [0, 0.05) is 11.6 Å². The molecule has 0 saturated heterocycles. The first-order chi connectivity index (χ1) is 14.1. The predicted octanol–water partition coefficient (Wildman–Crippen LogP) is 2.89. The Labute approximate surface area is 177 Å². The third-order valence-corrected chi connectivity index (χ3v) is 6.04. The minimum atomic E-state index is -3.84. The molecule has 2 rings (SSSR count). The fraction of sp³-hybridized carbons (Fsp3) is 0.381. The number of hydrogen-bond acceptors (Lipinski definition) is 6. The molecule has 0 aliphatic rings. The Morgan fingerprint density at radius 2 is 1.47 bits per heavy atom. The third kappa shape index (κ3) is 5.43. The lowest BCUT2D eigenvalue weighted by atomic mass is 10.1. The van der Waals surface area contributed by atoms with Crippen LogP contribution in [0.4, 0.5) is 0 Å². The topological polar surface area (TPSA) is 103 Å². The number of nitrogens with one attached hydrogen (secondary N) is 2. The summed E-state index contributed by atoms with van der Waals surface area (Å²) in [6.07, 6.45) is 0. The van der Waals surface area contributed by atoms with Crippen LogP contribution in [0.3, 0.4) is 0 Å². The standard InChI is InChI=1S/C21H28N2O6S/c1-13(2)23-30(25,26)20-12-16(8-10-18(20)28-5)21(24)22-14(3)15-7-9-17(27-4)19(11-15)29-6/h7-14,23H,1-6H3,(H,22,24)/t14-/m0/s1. The summed E-state index contributed by atoms with van der Waals surface area (Å²) in [5.74, 6) is 0.879. The molecule has 0 heterocycles. The maximum Gasteiger partial charge on any atom is 0.251 e. The molecule has 164 valence electrons. The monoisotopic (exact) mass is 436 g/mol. The van der Waals surface area contributed by atoms with Gasteiger partial charge in [0.2, 0.25) is 10.0 Å². The second-order valence-corrected chi connectivity index (χ2v) is 8.63. The second-order valence-electron chi connectivity index (χ2n) is 6.95. The highest BCUT2D eigenvalue weighted by Crippen LogP contribution is 2.30. The average Bonchev–Trinajstić information content (AvgIpc) is 2.71. The number of carbonyl (C=O) groups is 1. The van der Waals surface area contributed by atoms with Crippen molar-refractivity contribution >= 4 is 15.9 Å². The molecule has 2 N–H and O–H groups in total. The zero-order chi connectivity index (χ0) is 22.5. The Morgan fingerprint density at radius 1 is 0.867 bits per heavy atom. The fourth-order valence-electron chi connectivity index (χ4n) is 2.89. The predicted molar refractivity (Wildman–Crippen MR) is 114 cm³/mol. The quantitative estimate of drug-likeness (QED) is 0.627. The van der Waals surface area contributed by atoms with Crippen LogP contribution in [0.15, 0.2) is 41.3 Å². The molecule has 9 heteroatoms. The minimum Gasteiger partial charge on any atom is -0.495 e. The van der Waals surface area contributed by atoms with Crippen LogP contribution in [-0.4, -0.2) is 41.7 Å². The van der Waals surface area contributed by atoms with Gasteiger partial charge in [-0.05, 0) is 56.7 Å². The summed E-state index contributed by atoms with van der Waals surface area (Å²) in [6.45, 7) is 5.25. The van der Waals surface area contributed by atoms with Crippen LogP contribution in [0, 0.1) is 0 Å². The molecule has 0 radical (unpaired) electrons. The van der Waals surface area contributed by atoms with E-state index in [2.05, 4.69) is 10.0 Å². The molecule has 0 unspecified atom stereocenters. The highest BCUT2D eigenvalue weighted by molar-refractivity contribution is 7.89. The van der Waals surface area contributed by atoms with Gasteiger partial charge in [-0.25, -0.2) is 13.1 Å². The van der Waals surface area contributed by atoms with E-state index in [0.717, 1.165) is 5.56 Å². The van der Waals surface area contributed by atoms with Gasteiger partial charge in [-0.1, -0.05) is 6.07 Å². The van der Waals surface area contributed by atoms with Gasteiger partial charge >= 0.3 is 0 Å². The van der Waals surface area contributed by atoms with Crippen molar-refractivity contribution in [3.63, 3.8) is 0 Å². The lowest BCUT2D eigenvalue weighted by Gasteiger charge is -2.18. The van der Waals surface area contributed by atoms with E-state index in [-0.39, 0.29) is 28.3 Å². The van der Waals surface area contributed by atoms with Gasteiger partial charge in [0.25, 0.3) is 5.91 Å². The molecule has 8 nitrogen and oxygen atoms in total. The maximum atomic E-state index is 12.8. The van der Waals surface area contributed by atoms with Crippen molar-refractivity contribution in [2.45, 2.75) is 37.8 Å². The van der Waals surface area contributed by atoms with E-state index in [0.29, 0.717) is 11.5 Å². The Balaban J connectivity index is 2.30. The van der Waals surface area contributed by atoms with Crippen molar-refractivity contribution in [1.29, 1.82) is 0 Å². The highest BCUT2D eigenvalue weighted by Gasteiger charge is 2.23. The molecule has 0 fully saturated rings. The summed E-state index contributed by atoms with van der Waals surface area (Å²) in [5, 5.41) is 2.87. The van der Waals surface area contributed by atoms with Crippen molar-refractivity contribution in [2.24, 2.45) is 0 Å². The summed E-state index contributed by atoms with van der Waals surface area (Å²) in [6, 6.07) is 8.99. The zero-order valence-electron chi connectivity index (χ0n) is 18.0. The fourth-order valence-corrected chi connectivity index (χ4v) is 4.33. The summed E-state index contributed by atoms with van der Waals surface area (Å²) in [4.78, 5) is 12.7. The van der Waals surface area contributed by atoms with Crippen molar-refractivity contribution in [3.8, 4) is 17.2 Å². The van der Waals surface area contributed by atoms with E-state index in [4.69, 9.17) is 14.2 Å². The lowest BCUT2D eigenvalue weighted by Crippen LogP contribution is -2.31. The van der Waals surface area contributed by atoms with E-state index in [1.807, 2.05) is 13.0 Å². The Hall–Kier alpha value is -2.78. The van der Waals surface area contributed by atoms with Crippen molar-refractivity contribution in [2.75, 3.05) is 21.3 Å². The molecule has 2 aromatic carbocycles. The molecular formula is C21H28N2O6S. The van der Waals surface area contributed by atoms with Crippen LogP contribution in [0.1, 0.15) is 42.7 Å². The van der Waals surface area contributed by atoms with Gasteiger partial charge in [0.1, 0.15) is 10.6 Å². The molecule has 2 aromatic rings. The Kier molecular flexibility index (Phi) is 7.69. The van der Waals surface area contributed by atoms with Crippen molar-refractivity contribution < 1.29 is 27.4 Å². The molecule has 0 aromatic heterocycles. The summed E-state index contributed by atoms with van der Waals surface area (Å²) < 4.78 is 43.4. The van der Waals surface area contributed by atoms with Gasteiger partial charge in [-0.2, -0.15) is 0 Å². The lowest BCUT2D eigenvalue weighted by molar-refractivity contribution is 0.0939. The maximum absolute atomic E-state index is 12.8. The van der Waals surface area contributed by atoms with Crippen LogP contribution < -0.4 is 24.2 Å². The summed E-state index contributed by atoms with van der Waals surface area (Å²) in [5.41, 5.74) is 1.01. The van der Waals surface area contributed by atoms with Crippen molar-refractivity contribution in [3.05, 3.63) is 47.5 Å². The Morgan fingerprint density at radius 3 is 2.03 bits per heavy atom. The minimum absolute atomic E-state index is 0.0925. The average molecular weight is 437 g/mol. The van der Waals surface area contributed by atoms with E-state index in [9.17, 15) is 13.2 Å². The Bertz CT molecular complexity index is 1000. The van der Waals surface area contributed by atoms with Crippen LogP contribution in [0.5, 0.6) is 17.2 Å². The SMILES string of the molecule is COc1ccc([C@H](C)NC(=O)c2ccc(OC)c(S(=O)(=O)NC(C)C)c2)cc1OC. The van der Waals surface area contributed by atoms with Crippen LogP contribution in [-0.2, 0) is 10.0 Å². The number of hydrogen-bond donors (Lipinski definition) is 2. The molecule has 30 heavy (non-hydrogen) atoms. The van der Waals surface area contributed by atoms with Gasteiger partial charge in [0.05, 0.1) is 27.4 Å². The summed E-state index contributed by atoms with van der Waals surface area (Å²) in [7, 11) is 0.621. The second kappa shape index (κ2) is 9.82. The largest absolute Gasteiger partial charge is 0.495 e. The molecule has 0 saturated carbocycles. The number of amides is 1. The van der Waals surface area contributed by atoms with Gasteiger partial charge < -0.3 is 19.5 Å². The number of rotatable bonds is 9. The van der Waals surface area contributed by atoms with Crippen LogP contribution in [0.2, 0.25) is 0 Å². The van der Waals surface area contributed by atoms with Gasteiger partial charge in [-0.3, -0.25) is 4.79 Å². The third-order valence-electron chi connectivity index (χ3n) is 4.36. The summed E-state index contributed by atoms with van der Waals surface area (Å²) >= 11 is 0. The highest BCUT2D eigenvalue weighted by atomic mass is 32.2. The van der Waals surface area contributed by atoms with E-state index < -0.39 is 15.9 Å². The molecule has 1 amide bonds. The number of sulfonamides is 1. The number of benzene rings is 2. The van der Waals surface area contributed by atoms with Gasteiger partial charge in [0.15, 0.2) is 11.5 Å². The number of carbonyl (C=O) groups excluding carboxylic acids is 1. The van der Waals surface area contributed by atoms with Crippen LogP contribution in [0.25, 0.3) is 0 Å². The van der Waals surface area contributed by atoms with E-state index >= 15 is 0 Å². The van der Waals surface area contributed by atoms with Gasteiger partial charge in [-0.15, -0.1) is 0 Å². The van der Waals surface area contributed by atoms with Crippen LogP contribution >= 0.6 is 0 Å². The molecule has 0 spiro atoms. The molecular weight excluding hydrogens is 408 g/mol. The number of methoxy groups -OCH3 is 3. The molecule has 0 aliphatic carbocycles. The zero-order valence-corrected chi connectivity index (χ0v) is 18.8. The van der Waals surface area contributed by atoms with E-state index in [1.54, 1.807) is 33.1 Å². The first kappa shape index (κ1) is 23.5. The molecule has 0 bridgehead atoms. The normalized spacial score (nSPS) is 12.4. The molecule has 0 aliphatic heterocycles. The number of ether oxygens (including phenoxy) is 3. The first-order valence-corrected chi connectivity index (χ1v) is 10.8.